The van der Waals surface area contributed by atoms with Gasteiger partial charge < -0.3 is 10.1 Å². The monoisotopic (exact) mass is 330 g/mol. The zero-order valence-corrected chi connectivity index (χ0v) is 13.9. The topological polar surface area (TPSA) is 68.3 Å². The summed E-state index contributed by atoms with van der Waals surface area (Å²) in [5, 5.41) is 3.36. The van der Waals surface area contributed by atoms with Gasteiger partial charge in [0.1, 0.15) is 4.88 Å². The van der Waals surface area contributed by atoms with E-state index < -0.39 is 12.1 Å². The smallest absolute Gasteiger partial charge is 0.351 e. The largest absolute Gasteiger partial charge is 0.448 e. The van der Waals surface area contributed by atoms with Gasteiger partial charge in [0.15, 0.2) is 6.10 Å². The number of thiazole rings is 1. The Labute approximate surface area is 139 Å². The Morgan fingerprint density at radius 2 is 2.09 bits per heavy atom. The lowest BCUT2D eigenvalue weighted by molar-refractivity contribution is -0.128. The molecule has 1 amide bonds. The fourth-order valence-electron chi connectivity index (χ4n) is 1.94. The third kappa shape index (κ3) is 4.26. The molecule has 0 spiro atoms. The van der Waals surface area contributed by atoms with Gasteiger partial charge in [-0.25, -0.2) is 9.78 Å². The van der Waals surface area contributed by atoms with Crippen LogP contribution < -0.4 is 5.32 Å². The molecule has 1 aromatic carbocycles. The fraction of sp³-hybridized carbons (Fsp3) is 0.235. The predicted octanol–water partition coefficient (Wildman–Crippen LogP) is 2.97. The van der Waals surface area contributed by atoms with Crippen molar-refractivity contribution in [2.75, 3.05) is 6.54 Å². The molecule has 0 aliphatic heterocycles. The van der Waals surface area contributed by atoms with Crippen molar-refractivity contribution in [3.63, 3.8) is 0 Å². The van der Waals surface area contributed by atoms with E-state index >= 15 is 0 Å². The molecule has 1 atom stereocenters. The minimum atomic E-state index is -0.881. The number of ether oxygens (including phenoxy) is 1. The molecule has 120 valence electrons. The molecule has 0 bridgehead atoms. The average Bonchev–Trinajstić information content (AvgIpc) is 2.95. The second-order valence-corrected chi connectivity index (χ2v) is 6.06. The van der Waals surface area contributed by atoms with Crippen molar-refractivity contribution in [1.82, 2.24) is 10.3 Å². The maximum Gasteiger partial charge on any atom is 0.351 e. The van der Waals surface area contributed by atoms with Gasteiger partial charge in [0.05, 0.1) is 10.7 Å². The van der Waals surface area contributed by atoms with Gasteiger partial charge in [-0.05, 0) is 13.8 Å². The normalized spacial score (nSPS) is 11.6. The summed E-state index contributed by atoms with van der Waals surface area (Å²) in [6.07, 6.45) is 0.681. The Hall–Kier alpha value is -2.47. The molecule has 0 aliphatic rings. The lowest BCUT2D eigenvalue weighted by Gasteiger charge is -2.12. The van der Waals surface area contributed by atoms with Gasteiger partial charge in [0, 0.05) is 12.1 Å². The van der Waals surface area contributed by atoms with Crippen molar-refractivity contribution >= 4 is 23.2 Å². The van der Waals surface area contributed by atoms with Crippen LogP contribution >= 0.6 is 11.3 Å². The number of hydrogen-bond acceptors (Lipinski definition) is 5. The number of benzene rings is 1. The van der Waals surface area contributed by atoms with Crippen LogP contribution in [0.1, 0.15) is 21.6 Å². The van der Waals surface area contributed by atoms with E-state index in [1.165, 1.54) is 18.3 Å². The quantitative estimate of drug-likeness (QED) is 0.653. The highest BCUT2D eigenvalue weighted by molar-refractivity contribution is 7.14. The molecule has 0 aliphatic carbocycles. The summed E-state index contributed by atoms with van der Waals surface area (Å²) in [7, 11) is 0. The van der Waals surface area contributed by atoms with E-state index in [1.54, 1.807) is 6.08 Å². The molecular formula is C17H18N2O3S. The minimum absolute atomic E-state index is 0.329. The van der Waals surface area contributed by atoms with Crippen molar-refractivity contribution in [1.29, 1.82) is 0 Å². The number of carbonyl (C=O) groups is 2. The maximum absolute atomic E-state index is 12.4. The molecule has 2 aromatic rings. The lowest BCUT2D eigenvalue weighted by atomic mass is 10.1. The summed E-state index contributed by atoms with van der Waals surface area (Å²) >= 11 is 1.26. The van der Waals surface area contributed by atoms with E-state index in [4.69, 9.17) is 4.74 Å². The van der Waals surface area contributed by atoms with Crippen molar-refractivity contribution in [3.05, 3.63) is 52.9 Å². The third-order valence-electron chi connectivity index (χ3n) is 3.04. The molecule has 1 N–H and O–H groups in total. The zero-order chi connectivity index (χ0) is 16.8. The van der Waals surface area contributed by atoms with Gasteiger partial charge in [0.25, 0.3) is 5.91 Å². The summed E-state index contributed by atoms with van der Waals surface area (Å²) in [4.78, 5) is 29.0. The Morgan fingerprint density at radius 3 is 2.74 bits per heavy atom. The van der Waals surface area contributed by atoms with E-state index in [1.807, 2.05) is 37.3 Å². The molecule has 0 saturated heterocycles. The zero-order valence-electron chi connectivity index (χ0n) is 13.0. The number of aryl methyl sites for hydroxylation is 1. The second kappa shape index (κ2) is 7.69. The first-order valence-corrected chi connectivity index (χ1v) is 7.97. The van der Waals surface area contributed by atoms with Gasteiger partial charge >= 0.3 is 5.97 Å². The van der Waals surface area contributed by atoms with Crippen molar-refractivity contribution in [3.8, 4) is 11.3 Å². The van der Waals surface area contributed by atoms with Crippen molar-refractivity contribution < 1.29 is 14.3 Å². The minimum Gasteiger partial charge on any atom is -0.448 e. The number of esters is 1. The standard InChI is InChI=1S/C17H18N2O3S/c1-4-10-18-16(20)11(2)22-17(21)15-14(19-12(3)23-15)13-8-6-5-7-9-13/h4-9,11H,1,10H2,2-3H3,(H,18,20)/t11-/m0/s1. The van der Waals surface area contributed by atoms with E-state index in [0.717, 1.165) is 10.6 Å². The van der Waals surface area contributed by atoms with Crippen LogP contribution in [0.4, 0.5) is 0 Å². The Morgan fingerprint density at radius 1 is 1.39 bits per heavy atom. The van der Waals surface area contributed by atoms with Gasteiger partial charge in [-0.3, -0.25) is 4.79 Å². The molecule has 23 heavy (non-hydrogen) atoms. The maximum atomic E-state index is 12.4. The van der Waals surface area contributed by atoms with Crippen LogP contribution in [0.25, 0.3) is 11.3 Å². The molecule has 1 heterocycles. The van der Waals surface area contributed by atoms with E-state index in [-0.39, 0.29) is 5.91 Å². The van der Waals surface area contributed by atoms with Crippen molar-refractivity contribution in [2.45, 2.75) is 20.0 Å². The third-order valence-corrected chi connectivity index (χ3v) is 3.99. The van der Waals surface area contributed by atoms with Gasteiger partial charge in [0.2, 0.25) is 0 Å². The molecule has 0 saturated carbocycles. The molecule has 5 nitrogen and oxygen atoms in total. The Balaban J connectivity index is 2.17. The molecule has 2 rings (SSSR count). The number of rotatable bonds is 6. The Bertz CT molecular complexity index is 710. The molecular weight excluding hydrogens is 312 g/mol. The van der Waals surface area contributed by atoms with Gasteiger partial charge in [-0.1, -0.05) is 36.4 Å². The van der Waals surface area contributed by atoms with Crippen molar-refractivity contribution in [2.24, 2.45) is 0 Å². The van der Waals surface area contributed by atoms with E-state index in [9.17, 15) is 9.59 Å². The molecule has 0 unspecified atom stereocenters. The number of nitrogens with zero attached hydrogens (tertiary/aromatic N) is 1. The number of hydrogen-bond donors (Lipinski definition) is 1. The lowest BCUT2D eigenvalue weighted by Crippen LogP contribution is -2.35. The van der Waals surface area contributed by atoms with Crippen LogP contribution in [0.15, 0.2) is 43.0 Å². The summed E-state index contributed by atoms with van der Waals surface area (Å²) in [5.41, 5.74) is 1.42. The van der Waals surface area contributed by atoms with Crippen LogP contribution in [0.2, 0.25) is 0 Å². The van der Waals surface area contributed by atoms with Gasteiger partial charge in [-0.15, -0.1) is 17.9 Å². The highest BCUT2D eigenvalue weighted by atomic mass is 32.1. The van der Waals surface area contributed by atoms with Gasteiger partial charge in [-0.2, -0.15) is 0 Å². The summed E-state index contributed by atoms with van der Waals surface area (Å²) in [6, 6.07) is 9.42. The van der Waals surface area contributed by atoms with Crippen LogP contribution in [0, 0.1) is 6.92 Å². The van der Waals surface area contributed by atoms with E-state index in [0.29, 0.717) is 17.1 Å². The summed E-state index contributed by atoms with van der Waals surface area (Å²) in [6.45, 7) is 7.21. The predicted molar refractivity (Wildman–Crippen MR) is 90.4 cm³/mol. The number of amides is 1. The van der Waals surface area contributed by atoms with Crippen LogP contribution in [0.5, 0.6) is 0 Å². The number of aromatic nitrogens is 1. The fourth-order valence-corrected chi connectivity index (χ4v) is 2.77. The first kappa shape index (κ1) is 16.9. The van der Waals surface area contributed by atoms with Crippen LogP contribution in [-0.2, 0) is 9.53 Å². The molecule has 0 fully saturated rings. The molecule has 0 radical (unpaired) electrons. The highest BCUT2D eigenvalue weighted by Gasteiger charge is 2.23. The van der Waals surface area contributed by atoms with Crippen LogP contribution in [-0.4, -0.2) is 29.5 Å². The first-order valence-electron chi connectivity index (χ1n) is 7.15. The van der Waals surface area contributed by atoms with Crippen LogP contribution in [0.3, 0.4) is 0 Å². The SMILES string of the molecule is C=CCNC(=O)[C@H](C)OC(=O)c1sc(C)nc1-c1ccccc1. The molecule has 1 aromatic heterocycles. The summed E-state index contributed by atoms with van der Waals surface area (Å²) in [5.74, 6) is -0.906. The summed E-state index contributed by atoms with van der Waals surface area (Å²) < 4.78 is 5.26. The van der Waals surface area contributed by atoms with E-state index in [2.05, 4.69) is 16.9 Å². The molecule has 6 heteroatoms. The highest BCUT2D eigenvalue weighted by Crippen LogP contribution is 2.28. The number of nitrogens with one attached hydrogen (secondary N) is 1. The Kier molecular flexibility index (Phi) is 5.65. The average molecular weight is 330 g/mol. The second-order valence-electron chi connectivity index (χ2n) is 4.86. The number of carbonyl (C=O) groups excluding carboxylic acids is 2. The first-order chi connectivity index (χ1) is 11.0.